The van der Waals surface area contributed by atoms with Crippen molar-refractivity contribution in [2.75, 3.05) is 19.6 Å². The fourth-order valence-corrected chi connectivity index (χ4v) is 9.49. The van der Waals surface area contributed by atoms with Crippen LogP contribution in [0.3, 0.4) is 0 Å². The Bertz CT molecular complexity index is 2180. The summed E-state index contributed by atoms with van der Waals surface area (Å²) in [6.07, 6.45) is 6.77. The minimum atomic E-state index is -0.272. The van der Waals surface area contributed by atoms with Crippen LogP contribution in [0.25, 0.3) is 11.1 Å². The molecule has 0 radical (unpaired) electrons. The second-order valence-electron chi connectivity index (χ2n) is 15.8. The summed E-state index contributed by atoms with van der Waals surface area (Å²) >= 11 is 0. The predicted octanol–water partition coefficient (Wildman–Crippen LogP) is 10.6. The first kappa shape index (κ1) is 31.8. The number of pyridine rings is 1. The SMILES string of the molecule is CCC1(CC)/C(=C2/CC3N(c4ccccc42)c2ncccc2N3C(C)C)c2ccccc2N2c3ncc(C(C)(C)C)nc3N(c3ccccc3)C21. The highest BCUT2D eigenvalue weighted by atomic mass is 15.5. The summed E-state index contributed by atoms with van der Waals surface area (Å²) in [5.41, 5.74) is 10.8. The van der Waals surface area contributed by atoms with E-state index in [1.807, 2.05) is 12.4 Å². The number of para-hydroxylation sites is 3. The average molecular weight is 674 g/mol. The molecular weight excluding hydrogens is 627 g/mol. The Morgan fingerprint density at radius 2 is 1.35 bits per heavy atom. The molecule has 7 heteroatoms. The highest BCUT2D eigenvalue weighted by molar-refractivity contribution is 6.06. The number of fused-ring (bicyclic) bond motifs is 10. The van der Waals surface area contributed by atoms with E-state index in [1.165, 1.54) is 39.3 Å². The van der Waals surface area contributed by atoms with Crippen LogP contribution in [-0.4, -0.2) is 33.3 Å². The van der Waals surface area contributed by atoms with E-state index in [-0.39, 0.29) is 23.2 Å². The number of nitrogens with zero attached hydrogens (tertiary/aromatic N) is 7. The molecule has 258 valence electrons. The third-order valence-corrected chi connectivity index (χ3v) is 11.8. The molecule has 6 heterocycles. The van der Waals surface area contributed by atoms with E-state index in [4.69, 9.17) is 15.0 Å². The fourth-order valence-electron chi connectivity index (χ4n) is 9.49. The molecular formula is C44H47N7. The van der Waals surface area contributed by atoms with Crippen LogP contribution in [0.15, 0.2) is 103 Å². The van der Waals surface area contributed by atoms with E-state index >= 15 is 0 Å². The van der Waals surface area contributed by atoms with Gasteiger partial charge in [-0.3, -0.25) is 0 Å². The Hall–Kier alpha value is -5.17. The van der Waals surface area contributed by atoms with Gasteiger partial charge in [0.2, 0.25) is 0 Å². The van der Waals surface area contributed by atoms with Crippen LogP contribution in [0.1, 0.15) is 84.5 Å². The van der Waals surface area contributed by atoms with Gasteiger partial charge in [0.15, 0.2) is 17.5 Å². The van der Waals surface area contributed by atoms with Crippen molar-refractivity contribution in [1.82, 2.24) is 15.0 Å². The normalized spacial score (nSPS) is 21.3. The molecule has 7 nitrogen and oxygen atoms in total. The number of hydrogen-bond acceptors (Lipinski definition) is 7. The standard InChI is InChI=1S/C44H47N7/c1-8-44(9-2)38(32-26-37-48(28(3)4)35-24-17-25-45-39(35)50(37)33-22-15-13-20-30(32)33)31-21-14-16-23-34(31)51-40-41(47-36(27-46-40)43(5,6)7)49(42(44)51)29-18-11-10-12-19-29/h10-25,27-28,37,42H,8-9,26H2,1-7H3/b38-32-. The molecule has 3 aromatic carbocycles. The van der Waals surface area contributed by atoms with Crippen molar-refractivity contribution in [3.63, 3.8) is 0 Å². The van der Waals surface area contributed by atoms with E-state index in [2.05, 4.69) is 159 Å². The molecule has 0 saturated heterocycles. The van der Waals surface area contributed by atoms with Crippen molar-refractivity contribution in [2.24, 2.45) is 5.41 Å². The molecule has 4 aliphatic rings. The highest BCUT2D eigenvalue weighted by Crippen LogP contribution is 2.65. The lowest BCUT2D eigenvalue weighted by atomic mass is 9.64. The zero-order valence-electron chi connectivity index (χ0n) is 30.8. The first-order chi connectivity index (χ1) is 24.7. The van der Waals surface area contributed by atoms with Crippen LogP contribution in [0, 0.1) is 5.41 Å². The van der Waals surface area contributed by atoms with E-state index in [0.717, 1.165) is 48.1 Å². The van der Waals surface area contributed by atoms with Gasteiger partial charge in [0.25, 0.3) is 0 Å². The Labute approximate surface area is 302 Å². The Kier molecular flexibility index (Phi) is 7.12. The highest BCUT2D eigenvalue weighted by Gasteiger charge is 2.58. The third-order valence-electron chi connectivity index (χ3n) is 11.8. The zero-order chi connectivity index (χ0) is 35.2. The largest absolute Gasteiger partial charge is 0.345 e. The molecule has 51 heavy (non-hydrogen) atoms. The second-order valence-corrected chi connectivity index (χ2v) is 15.8. The minimum absolute atomic E-state index is 0.0636. The van der Waals surface area contributed by atoms with Crippen LogP contribution in [0.2, 0.25) is 0 Å². The van der Waals surface area contributed by atoms with Gasteiger partial charge in [-0.1, -0.05) is 89.2 Å². The molecule has 0 bridgehead atoms. The van der Waals surface area contributed by atoms with Gasteiger partial charge in [0.1, 0.15) is 12.3 Å². The van der Waals surface area contributed by atoms with Crippen molar-refractivity contribution in [3.05, 3.63) is 120 Å². The predicted molar refractivity (Wildman–Crippen MR) is 210 cm³/mol. The number of rotatable bonds is 4. The number of anilines is 7. The van der Waals surface area contributed by atoms with Gasteiger partial charge in [0, 0.05) is 46.3 Å². The molecule has 0 spiro atoms. The maximum Gasteiger partial charge on any atom is 0.178 e. The van der Waals surface area contributed by atoms with Crippen LogP contribution >= 0.6 is 0 Å². The van der Waals surface area contributed by atoms with Crippen LogP contribution in [0.5, 0.6) is 0 Å². The van der Waals surface area contributed by atoms with Crippen molar-refractivity contribution >= 4 is 51.3 Å². The van der Waals surface area contributed by atoms with E-state index in [9.17, 15) is 0 Å². The third kappa shape index (κ3) is 4.39. The summed E-state index contributed by atoms with van der Waals surface area (Å²) in [5, 5.41) is 0. The van der Waals surface area contributed by atoms with Crippen molar-refractivity contribution in [3.8, 4) is 0 Å². The number of benzene rings is 3. The monoisotopic (exact) mass is 673 g/mol. The topological polar surface area (TPSA) is 51.6 Å². The van der Waals surface area contributed by atoms with E-state index in [1.54, 1.807) is 0 Å². The van der Waals surface area contributed by atoms with Gasteiger partial charge < -0.3 is 19.6 Å². The van der Waals surface area contributed by atoms with Crippen molar-refractivity contribution in [2.45, 2.75) is 91.5 Å². The van der Waals surface area contributed by atoms with Gasteiger partial charge in [0.05, 0.1) is 29.0 Å². The van der Waals surface area contributed by atoms with Gasteiger partial charge in [-0.15, -0.1) is 0 Å². The van der Waals surface area contributed by atoms with E-state index < -0.39 is 0 Å². The second kappa shape index (κ2) is 11.4. The summed E-state index contributed by atoms with van der Waals surface area (Å²) in [6, 6.07) is 33.6. The summed E-state index contributed by atoms with van der Waals surface area (Å²) in [7, 11) is 0. The average Bonchev–Trinajstić information content (AvgIpc) is 3.68. The first-order valence-corrected chi connectivity index (χ1v) is 18.7. The van der Waals surface area contributed by atoms with Crippen molar-refractivity contribution in [1.29, 1.82) is 0 Å². The first-order valence-electron chi connectivity index (χ1n) is 18.7. The molecule has 9 rings (SSSR count). The minimum Gasteiger partial charge on any atom is -0.345 e. The van der Waals surface area contributed by atoms with Gasteiger partial charge in [-0.2, -0.15) is 0 Å². The number of aromatic nitrogens is 3. The molecule has 2 aromatic heterocycles. The van der Waals surface area contributed by atoms with Gasteiger partial charge >= 0.3 is 0 Å². The number of hydrogen-bond donors (Lipinski definition) is 0. The lowest BCUT2D eigenvalue weighted by Gasteiger charge is -2.53. The molecule has 0 fully saturated rings. The molecule has 0 amide bonds. The van der Waals surface area contributed by atoms with Crippen molar-refractivity contribution < 1.29 is 0 Å². The van der Waals surface area contributed by atoms with Gasteiger partial charge in [-0.25, -0.2) is 15.0 Å². The summed E-state index contributed by atoms with van der Waals surface area (Å²) in [6.45, 7) is 16.1. The Balaban J connectivity index is 1.36. The lowest BCUT2D eigenvalue weighted by molar-refractivity contribution is 0.294. The summed E-state index contributed by atoms with van der Waals surface area (Å²) in [4.78, 5) is 25.8. The fraction of sp³-hybridized carbons (Fsp3) is 0.341. The molecule has 0 saturated carbocycles. The molecule has 4 aliphatic heterocycles. The maximum absolute atomic E-state index is 5.47. The van der Waals surface area contributed by atoms with E-state index in [0.29, 0.717) is 6.04 Å². The molecule has 5 aromatic rings. The maximum atomic E-state index is 5.47. The van der Waals surface area contributed by atoms with Crippen LogP contribution < -0.4 is 19.6 Å². The summed E-state index contributed by atoms with van der Waals surface area (Å²) < 4.78 is 0. The molecule has 0 N–H and O–H groups in total. The Morgan fingerprint density at radius 1 is 0.706 bits per heavy atom. The smallest absolute Gasteiger partial charge is 0.178 e. The summed E-state index contributed by atoms with van der Waals surface area (Å²) in [5.74, 6) is 2.91. The van der Waals surface area contributed by atoms with Crippen LogP contribution in [-0.2, 0) is 5.41 Å². The lowest BCUT2D eigenvalue weighted by Crippen LogP contribution is -2.55. The zero-order valence-corrected chi connectivity index (χ0v) is 30.8. The van der Waals surface area contributed by atoms with Crippen LogP contribution in [0.4, 0.5) is 40.2 Å². The van der Waals surface area contributed by atoms with Gasteiger partial charge in [-0.05, 0) is 74.2 Å². The molecule has 0 aliphatic carbocycles. The Morgan fingerprint density at radius 3 is 2.04 bits per heavy atom. The molecule has 2 atom stereocenters. The quantitative estimate of drug-likeness (QED) is 0.188. The molecule has 2 unspecified atom stereocenters.